The smallest absolute Gasteiger partial charge is 0.335 e. The van der Waals surface area contributed by atoms with Gasteiger partial charge in [0.15, 0.2) is 17.2 Å². The monoisotopic (exact) mass is 528 g/mol. The molecule has 3 aromatic carbocycles. The number of nitrogens with one attached hydrogen (secondary N) is 1. The molecule has 0 aromatic heterocycles. The van der Waals surface area contributed by atoms with Gasteiger partial charge in [0.1, 0.15) is 18.0 Å². The van der Waals surface area contributed by atoms with E-state index in [0.717, 1.165) is 22.6 Å². The zero-order valence-corrected chi connectivity index (χ0v) is 19.7. The van der Waals surface area contributed by atoms with E-state index in [1.165, 1.54) is 30.3 Å². The first kappa shape index (κ1) is 23.7. The summed E-state index contributed by atoms with van der Waals surface area (Å²) in [6, 6.07) is 12.0. The predicted molar refractivity (Wildman–Crippen MR) is 129 cm³/mol. The van der Waals surface area contributed by atoms with E-state index in [1.54, 1.807) is 12.1 Å². The number of nitrogens with zero attached hydrogens (tertiary/aromatic N) is 1. The maximum Gasteiger partial charge on any atom is 0.335 e. The van der Waals surface area contributed by atoms with Gasteiger partial charge in [-0.1, -0.05) is 29.3 Å². The molecule has 1 fully saturated rings. The van der Waals surface area contributed by atoms with Crippen molar-refractivity contribution in [2.24, 2.45) is 0 Å². The molecule has 1 saturated heterocycles. The lowest BCUT2D eigenvalue weighted by atomic mass is 10.1. The van der Waals surface area contributed by atoms with Crippen molar-refractivity contribution in [1.29, 1.82) is 0 Å². The Bertz CT molecular complexity index is 1420. The fourth-order valence-corrected chi connectivity index (χ4v) is 4.25. The Balaban J connectivity index is 1.38. The van der Waals surface area contributed by atoms with E-state index in [4.69, 9.17) is 37.4 Å². The molecule has 0 unspecified atom stereocenters. The number of ether oxygens (including phenoxy) is 3. The third kappa shape index (κ3) is 4.58. The number of amides is 4. The number of anilines is 1. The molecule has 36 heavy (non-hydrogen) atoms. The minimum atomic E-state index is -0.947. The van der Waals surface area contributed by atoms with Crippen LogP contribution < -0.4 is 24.4 Å². The van der Waals surface area contributed by atoms with E-state index in [0.29, 0.717) is 17.1 Å². The second kappa shape index (κ2) is 9.52. The molecule has 1 N–H and O–H groups in total. The molecule has 2 aliphatic rings. The molecule has 182 valence electrons. The van der Waals surface area contributed by atoms with Gasteiger partial charge in [-0.3, -0.25) is 14.9 Å². The molecule has 0 saturated carbocycles. The molecule has 0 spiro atoms. The molecule has 2 aliphatic heterocycles. The summed E-state index contributed by atoms with van der Waals surface area (Å²) in [6.45, 7) is 0.302. The van der Waals surface area contributed by atoms with Gasteiger partial charge in [-0.05, 0) is 65.7 Å². The lowest BCUT2D eigenvalue weighted by Gasteiger charge is -2.26. The average molecular weight is 529 g/mol. The lowest BCUT2D eigenvalue weighted by molar-refractivity contribution is -0.122. The summed E-state index contributed by atoms with van der Waals surface area (Å²) in [5.41, 5.74) is 0.889. The normalized spacial score (nSPS) is 15.9. The van der Waals surface area contributed by atoms with Crippen LogP contribution in [-0.2, 0) is 16.2 Å². The van der Waals surface area contributed by atoms with Crippen molar-refractivity contribution in [1.82, 2.24) is 5.32 Å². The summed E-state index contributed by atoms with van der Waals surface area (Å²) < 4.78 is 29.7. The highest BCUT2D eigenvalue weighted by atomic mass is 35.5. The fourth-order valence-electron chi connectivity index (χ4n) is 3.64. The van der Waals surface area contributed by atoms with Crippen LogP contribution in [0.1, 0.15) is 11.1 Å². The van der Waals surface area contributed by atoms with Crippen molar-refractivity contribution in [2.75, 3.05) is 11.7 Å². The van der Waals surface area contributed by atoms with Gasteiger partial charge in [0.05, 0.1) is 15.7 Å². The highest BCUT2D eigenvalue weighted by Gasteiger charge is 2.36. The zero-order valence-electron chi connectivity index (χ0n) is 18.2. The molecule has 0 bridgehead atoms. The summed E-state index contributed by atoms with van der Waals surface area (Å²) in [6.07, 6.45) is 1.25. The maximum absolute atomic E-state index is 13.3. The van der Waals surface area contributed by atoms with Crippen LogP contribution >= 0.6 is 23.2 Å². The number of barbiturate groups is 1. The Kier molecular flexibility index (Phi) is 6.26. The van der Waals surface area contributed by atoms with Gasteiger partial charge in [-0.25, -0.2) is 14.1 Å². The fraction of sp³-hybridized carbons (Fsp3) is 0.0800. The molecule has 0 atom stereocenters. The van der Waals surface area contributed by atoms with Crippen LogP contribution in [-0.4, -0.2) is 24.6 Å². The Labute approximate surface area is 213 Å². The topological polar surface area (TPSA) is 94.2 Å². The number of urea groups is 1. The van der Waals surface area contributed by atoms with E-state index >= 15 is 0 Å². The number of hydrogen-bond acceptors (Lipinski definition) is 6. The van der Waals surface area contributed by atoms with Gasteiger partial charge in [-0.2, -0.15) is 0 Å². The van der Waals surface area contributed by atoms with Crippen molar-refractivity contribution < 1.29 is 33.0 Å². The van der Waals surface area contributed by atoms with Crippen molar-refractivity contribution >= 4 is 52.8 Å². The first-order valence-electron chi connectivity index (χ1n) is 10.5. The number of carbonyl (C=O) groups excluding carboxylic acids is 3. The summed E-state index contributed by atoms with van der Waals surface area (Å²) in [5.74, 6) is -0.849. The third-order valence-corrected chi connectivity index (χ3v) is 5.90. The second-order valence-electron chi connectivity index (χ2n) is 7.72. The van der Waals surface area contributed by atoms with E-state index in [9.17, 15) is 18.8 Å². The van der Waals surface area contributed by atoms with Crippen molar-refractivity contribution in [3.05, 3.63) is 87.2 Å². The largest absolute Gasteiger partial charge is 0.486 e. The quantitative estimate of drug-likeness (QED) is 0.365. The molecule has 2 heterocycles. The first-order chi connectivity index (χ1) is 17.3. The molecule has 4 amide bonds. The average Bonchev–Trinajstić information content (AvgIpc) is 3.30. The van der Waals surface area contributed by atoms with Crippen LogP contribution in [0.3, 0.4) is 0 Å². The minimum absolute atomic E-state index is 0.0978. The summed E-state index contributed by atoms with van der Waals surface area (Å²) in [7, 11) is 0. The van der Waals surface area contributed by atoms with Gasteiger partial charge >= 0.3 is 6.03 Å². The van der Waals surface area contributed by atoms with Gasteiger partial charge in [-0.15, -0.1) is 0 Å². The number of halogens is 3. The maximum atomic E-state index is 13.3. The summed E-state index contributed by atoms with van der Waals surface area (Å²) >= 11 is 12.8. The predicted octanol–water partition coefficient (Wildman–Crippen LogP) is 5.11. The SMILES string of the molecule is O=C1NC(=O)N(c2ccc(F)cc2)C(=O)/C1=C/c1cc(Cl)c(OCc2ccc3c(c2)OCO3)c(Cl)c1. The number of benzene rings is 3. The molecule has 11 heteroatoms. The van der Waals surface area contributed by atoms with Crippen LogP contribution in [0.5, 0.6) is 17.2 Å². The van der Waals surface area contributed by atoms with Crippen LogP contribution in [0.15, 0.2) is 60.2 Å². The van der Waals surface area contributed by atoms with Crippen LogP contribution in [0.4, 0.5) is 14.9 Å². The van der Waals surface area contributed by atoms with Gasteiger partial charge < -0.3 is 14.2 Å². The van der Waals surface area contributed by atoms with Crippen molar-refractivity contribution in [3.63, 3.8) is 0 Å². The third-order valence-electron chi connectivity index (χ3n) is 5.34. The van der Waals surface area contributed by atoms with Crippen molar-refractivity contribution in [2.45, 2.75) is 6.61 Å². The molecule has 0 aliphatic carbocycles. The summed E-state index contributed by atoms with van der Waals surface area (Å²) in [5, 5.41) is 2.38. The van der Waals surface area contributed by atoms with E-state index in [1.807, 2.05) is 6.07 Å². The van der Waals surface area contributed by atoms with Gasteiger partial charge in [0.25, 0.3) is 11.8 Å². The number of carbonyl (C=O) groups is 3. The lowest BCUT2D eigenvalue weighted by Crippen LogP contribution is -2.54. The molecule has 3 aromatic rings. The Morgan fingerprint density at radius 3 is 2.39 bits per heavy atom. The number of fused-ring (bicyclic) bond motifs is 1. The standard InChI is InChI=1S/C25H15Cl2FN2O6/c26-18-8-14(9-19(27)22(18)34-11-13-1-6-20-21(10-13)36-12-35-20)7-17-23(31)29-25(33)30(24(17)32)16-4-2-15(28)3-5-16/h1-10H,11-12H2,(H,29,31,33)/b17-7+. The van der Waals surface area contributed by atoms with E-state index in [-0.39, 0.29) is 40.5 Å². The van der Waals surface area contributed by atoms with Crippen LogP contribution in [0.2, 0.25) is 10.0 Å². The van der Waals surface area contributed by atoms with Gasteiger partial charge in [0, 0.05) is 0 Å². The van der Waals surface area contributed by atoms with Crippen LogP contribution in [0, 0.1) is 5.82 Å². The van der Waals surface area contributed by atoms with E-state index in [2.05, 4.69) is 5.32 Å². The second-order valence-corrected chi connectivity index (χ2v) is 8.54. The first-order valence-corrected chi connectivity index (χ1v) is 11.2. The molecule has 5 rings (SSSR count). The minimum Gasteiger partial charge on any atom is -0.486 e. The van der Waals surface area contributed by atoms with Gasteiger partial charge in [0.2, 0.25) is 6.79 Å². The highest BCUT2D eigenvalue weighted by Crippen LogP contribution is 2.37. The molecular formula is C25H15Cl2FN2O6. The van der Waals surface area contributed by atoms with Crippen LogP contribution in [0.25, 0.3) is 6.08 Å². The Morgan fingerprint density at radius 2 is 1.67 bits per heavy atom. The zero-order chi connectivity index (χ0) is 25.4. The molecular weight excluding hydrogens is 514 g/mol. The molecule has 8 nitrogen and oxygen atoms in total. The number of hydrogen-bond donors (Lipinski definition) is 1. The van der Waals surface area contributed by atoms with E-state index < -0.39 is 23.7 Å². The number of rotatable bonds is 5. The van der Waals surface area contributed by atoms with Crippen molar-refractivity contribution in [3.8, 4) is 17.2 Å². The highest BCUT2D eigenvalue weighted by molar-refractivity contribution is 6.40. The Hall–Kier alpha value is -4.08. The Morgan fingerprint density at radius 1 is 0.972 bits per heavy atom. The number of imide groups is 2. The molecule has 0 radical (unpaired) electrons. The summed E-state index contributed by atoms with van der Waals surface area (Å²) in [4.78, 5) is 38.4.